The Hall–Kier alpha value is -1.75. The lowest BCUT2D eigenvalue weighted by molar-refractivity contribution is -0.145. The van der Waals surface area contributed by atoms with Crippen molar-refractivity contribution in [2.45, 2.75) is 32.1 Å². The highest BCUT2D eigenvalue weighted by atomic mass is 16.6. The number of aliphatic carboxylic acids is 1. The van der Waals surface area contributed by atoms with Crippen LogP contribution in [0, 0.1) is 11.3 Å². The van der Waals surface area contributed by atoms with Crippen molar-refractivity contribution >= 4 is 17.7 Å². The summed E-state index contributed by atoms with van der Waals surface area (Å²) in [5.41, 5.74) is 10.1. The molecule has 29 heavy (non-hydrogen) atoms. The van der Waals surface area contributed by atoms with Crippen LogP contribution < -0.4 is 11.5 Å². The van der Waals surface area contributed by atoms with Gasteiger partial charge in [-0.15, -0.1) is 0 Å². The molecule has 10 nitrogen and oxygen atoms in total. The Bertz CT molecular complexity index is 520. The molecule has 1 fully saturated rings. The number of carboxylic acid groups (broad SMARTS) is 1. The number of nitrogens with zero attached hydrogens (tertiary/aromatic N) is 1. The summed E-state index contributed by atoms with van der Waals surface area (Å²) in [7, 11) is 1.61. The van der Waals surface area contributed by atoms with Gasteiger partial charge in [0.2, 0.25) is 0 Å². The molecule has 5 N–H and O–H groups in total. The zero-order valence-electron chi connectivity index (χ0n) is 17.3. The summed E-state index contributed by atoms with van der Waals surface area (Å²) >= 11 is 0. The van der Waals surface area contributed by atoms with E-state index in [0.29, 0.717) is 59.0 Å². The number of ketones is 1. The summed E-state index contributed by atoms with van der Waals surface area (Å²) < 4.78 is 20.8. The Kier molecular flexibility index (Phi) is 12.4. The van der Waals surface area contributed by atoms with Crippen molar-refractivity contribution in [3.63, 3.8) is 0 Å². The van der Waals surface area contributed by atoms with E-state index in [2.05, 4.69) is 4.99 Å². The Balaban J connectivity index is 2.19. The normalized spacial score (nSPS) is 15.6. The van der Waals surface area contributed by atoms with Crippen molar-refractivity contribution in [1.29, 1.82) is 0 Å². The predicted octanol–water partition coefficient (Wildman–Crippen LogP) is 0.176. The molecule has 0 aliphatic heterocycles. The highest BCUT2D eigenvalue weighted by molar-refractivity contribution is 5.82. The summed E-state index contributed by atoms with van der Waals surface area (Å²) in [6, 6.07) is 0. The number of hydrogen-bond donors (Lipinski definition) is 3. The fraction of sp³-hybridized carbons (Fsp3) is 0.842. The lowest BCUT2D eigenvalue weighted by Gasteiger charge is -2.22. The topological polar surface area (TPSA) is 156 Å². The van der Waals surface area contributed by atoms with Crippen molar-refractivity contribution in [3.05, 3.63) is 0 Å². The number of hydrogen-bond acceptors (Lipinski definition) is 7. The van der Waals surface area contributed by atoms with E-state index >= 15 is 0 Å². The Morgan fingerprint density at radius 3 is 2.14 bits per heavy atom. The fourth-order valence-electron chi connectivity index (χ4n) is 3.22. The third-order valence-electron chi connectivity index (χ3n) is 4.86. The second-order valence-electron chi connectivity index (χ2n) is 7.19. The Morgan fingerprint density at radius 2 is 1.62 bits per heavy atom. The van der Waals surface area contributed by atoms with Crippen LogP contribution in [0.1, 0.15) is 32.1 Å². The molecule has 0 saturated heterocycles. The molecule has 168 valence electrons. The molecule has 0 amide bonds. The van der Waals surface area contributed by atoms with E-state index in [0.717, 1.165) is 12.8 Å². The van der Waals surface area contributed by atoms with Crippen LogP contribution in [0.15, 0.2) is 4.99 Å². The number of guanidine groups is 1. The third-order valence-corrected chi connectivity index (χ3v) is 4.86. The first kappa shape index (κ1) is 25.3. The van der Waals surface area contributed by atoms with Crippen molar-refractivity contribution < 1.29 is 33.6 Å². The molecule has 0 unspecified atom stereocenters. The maximum Gasteiger partial charge on any atom is 0.307 e. The summed E-state index contributed by atoms with van der Waals surface area (Å²) in [5, 5.41) is 9.57. The molecule has 1 aliphatic carbocycles. The number of Topliss-reactive ketones (excluding diaryl/α,β-unsaturated/α-hetero) is 1. The van der Waals surface area contributed by atoms with Crippen LogP contribution >= 0.6 is 0 Å². The summed E-state index contributed by atoms with van der Waals surface area (Å²) in [6.07, 6.45) is 2.71. The SMILES string of the molecule is COCCOCCOCCOCC(=O)CC1([C@@H](CCCN=C(N)N)C(=O)O)CC1. The van der Waals surface area contributed by atoms with Gasteiger partial charge in [0, 0.05) is 20.1 Å². The lowest BCUT2D eigenvalue weighted by Crippen LogP contribution is -2.29. The van der Waals surface area contributed by atoms with Crippen molar-refractivity contribution in [1.82, 2.24) is 0 Å². The summed E-state index contributed by atoms with van der Waals surface area (Å²) in [5.74, 6) is -1.53. The average Bonchev–Trinajstić information content (AvgIpc) is 3.42. The van der Waals surface area contributed by atoms with Gasteiger partial charge < -0.3 is 35.5 Å². The maximum atomic E-state index is 12.2. The van der Waals surface area contributed by atoms with E-state index in [1.807, 2.05) is 0 Å². The van der Waals surface area contributed by atoms with Crippen LogP contribution in [-0.2, 0) is 28.5 Å². The molecule has 0 aromatic carbocycles. The van der Waals surface area contributed by atoms with Crippen LogP contribution in [0.2, 0.25) is 0 Å². The first-order valence-corrected chi connectivity index (χ1v) is 9.93. The summed E-state index contributed by atoms with van der Waals surface area (Å²) in [4.78, 5) is 27.8. The van der Waals surface area contributed by atoms with Gasteiger partial charge in [-0.1, -0.05) is 0 Å². The average molecular weight is 418 g/mol. The highest BCUT2D eigenvalue weighted by Gasteiger charge is 2.52. The summed E-state index contributed by atoms with van der Waals surface area (Å²) in [6.45, 7) is 3.03. The largest absolute Gasteiger partial charge is 0.481 e. The maximum absolute atomic E-state index is 12.2. The smallest absolute Gasteiger partial charge is 0.307 e. The number of carbonyl (C=O) groups excluding carboxylic acids is 1. The van der Waals surface area contributed by atoms with E-state index < -0.39 is 17.3 Å². The minimum atomic E-state index is -0.873. The first-order valence-electron chi connectivity index (χ1n) is 9.93. The quantitative estimate of drug-likeness (QED) is 0.151. The predicted molar refractivity (Wildman–Crippen MR) is 107 cm³/mol. The standard InChI is InChI=1S/C19H35N3O7/c1-26-7-8-27-9-10-28-11-12-29-14-15(23)13-19(4-5-19)16(17(24)25)3-2-6-22-18(20)21/h16H,2-14H2,1H3,(H,24,25)(H4,20,21,22)/t16-/m0/s1. The van der Waals surface area contributed by atoms with Gasteiger partial charge in [-0.25, -0.2) is 0 Å². The molecule has 1 atom stereocenters. The third kappa shape index (κ3) is 11.1. The molecule has 0 radical (unpaired) electrons. The van der Waals surface area contributed by atoms with Gasteiger partial charge in [0.25, 0.3) is 0 Å². The number of aliphatic imine (C=N–C) groups is 1. The number of rotatable bonds is 19. The van der Waals surface area contributed by atoms with Crippen molar-refractivity contribution in [2.24, 2.45) is 27.8 Å². The number of ether oxygens (including phenoxy) is 4. The molecule has 10 heteroatoms. The fourth-order valence-corrected chi connectivity index (χ4v) is 3.22. The molecule has 1 rings (SSSR count). The van der Waals surface area contributed by atoms with E-state index in [9.17, 15) is 14.7 Å². The van der Waals surface area contributed by atoms with Gasteiger partial charge in [0.1, 0.15) is 6.61 Å². The Labute approximate surface area is 171 Å². The van der Waals surface area contributed by atoms with Crippen LogP contribution in [0.5, 0.6) is 0 Å². The van der Waals surface area contributed by atoms with Crippen LogP contribution in [0.3, 0.4) is 0 Å². The van der Waals surface area contributed by atoms with E-state index in [-0.39, 0.29) is 24.8 Å². The molecule has 1 saturated carbocycles. The zero-order valence-corrected chi connectivity index (χ0v) is 17.3. The van der Waals surface area contributed by atoms with Gasteiger partial charge in [-0.05, 0) is 31.1 Å². The first-order chi connectivity index (χ1) is 13.9. The van der Waals surface area contributed by atoms with E-state index in [4.69, 9.17) is 30.4 Å². The molecule has 1 aliphatic rings. The van der Waals surface area contributed by atoms with Crippen LogP contribution in [0.4, 0.5) is 0 Å². The van der Waals surface area contributed by atoms with Crippen molar-refractivity contribution in [2.75, 3.05) is 59.9 Å². The number of carboxylic acids is 1. The van der Waals surface area contributed by atoms with Crippen LogP contribution in [-0.4, -0.2) is 82.7 Å². The van der Waals surface area contributed by atoms with Crippen LogP contribution in [0.25, 0.3) is 0 Å². The number of nitrogens with two attached hydrogens (primary N) is 2. The van der Waals surface area contributed by atoms with Gasteiger partial charge in [-0.2, -0.15) is 0 Å². The highest BCUT2D eigenvalue weighted by Crippen LogP contribution is 2.56. The molecular formula is C19H35N3O7. The lowest BCUT2D eigenvalue weighted by atomic mass is 9.81. The van der Waals surface area contributed by atoms with E-state index in [1.54, 1.807) is 7.11 Å². The second kappa shape index (κ2) is 14.3. The number of methoxy groups -OCH3 is 1. The zero-order chi connectivity index (χ0) is 21.5. The van der Waals surface area contributed by atoms with Gasteiger partial charge >= 0.3 is 5.97 Å². The molecule has 0 bridgehead atoms. The van der Waals surface area contributed by atoms with Gasteiger partial charge in [-0.3, -0.25) is 14.6 Å². The van der Waals surface area contributed by atoms with E-state index in [1.165, 1.54) is 0 Å². The molecule has 0 heterocycles. The molecule has 0 aromatic rings. The monoisotopic (exact) mass is 417 g/mol. The van der Waals surface area contributed by atoms with Gasteiger partial charge in [0.05, 0.1) is 45.6 Å². The number of carbonyl (C=O) groups is 2. The van der Waals surface area contributed by atoms with Gasteiger partial charge in [0.15, 0.2) is 11.7 Å². The minimum absolute atomic E-state index is 0.00654. The molecule has 0 aromatic heterocycles. The molecule has 0 spiro atoms. The Morgan fingerprint density at radius 1 is 1.03 bits per heavy atom. The minimum Gasteiger partial charge on any atom is -0.481 e. The second-order valence-corrected chi connectivity index (χ2v) is 7.19. The molecular weight excluding hydrogens is 382 g/mol. The van der Waals surface area contributed by atoms with Crippen molar-refractivity contribution in [3.8, 4) is 0 Å².